The van der Waals surface area contributed by atoms with Gasteiger partial charge in [-0.3, -0.25) is 4.57 Å². The van der Waals surface area contributed by atoms with E-state index in [0.717, 1.165) is 87.6 Å². The van der Waals surface area contributed by atoms with Crippen molar-refractivity contribution < 1.29 is 4.42 Å². The average Bonchev–Trinajstić information content (AvgIpc) is 3.83. The van der Waals surface area contributed by atoms with Crippen LogP contribution >= 0.6 is 0 Å². The molecule has 3 aromatic heterocycles. The Morgan fingerprint density at radius 3 is 1.83 bits per heavy atom. The van der Waals surface area contributed by atoms with Crippen LogP contribution in [0.1, 0.15) is 0 Å². The van der Waals surface area contributed by atoms with Crippen molar-refractivity contribution in [3.8, 4) is 28.3 Å². The van der Waals surface area contributed by atoms with Crippen molar-refractivity contribution in [3.63, 3.8) is 0 Å². The molecule has 13 aromatic rings. The lowest BCUT2D eigenvalue weighted by molar-refractivity contribution is 0.669. The van der Waals surface area contributed by atoms with E-state index >= 15 is 0 Å². The SMILES string of the molecule is c1ccc2cc(-c3ccc(-c4nc(-n5c6ccccc6c6cc7c(ccc8oc9ccccc9c87)cc65)nc5c6ccccc6c6ccccc6c45)cc3)ccc2c1. The number of fused-ring (bicyclic) bond motifs is 15. The van der Waals surface area contributed by atoms with Gasteiger partial charge in [0, 0.05) is 37.9 Å². The van der Waals surface area contributed by atoms with Gasteiger partial charge in [0.15, 0.2) is 0 Å². The Bertz CT molecular complexity index is 3850. The lowest BCUT2D eigenvalue weighted by Gasteiger charge is -2.16. The van der Waals surface area contributed by atoms with Crippen LogP contribution in [0.3, 0.4) is 0 Å². The highest BCUT2D eigenvalue weighted by atomic mass is 16.3. The van der Waals surface area contributed by atoms with Gasteiger partial charge in [0.25, 0.3) is 0 Å². The highest BCUT2D eigenvalue weighted by molar-refractivity contribution is 6.27. The van der Waals surface area contributed by atoms with Gasteiger partial charge in [-0.15, -0.1) is 0 Å². The second-order valence-corrected chi connectivity index (χ2v) is 15.3. The summed E-state index contributed by atoms with van der Waals surface area (Å²) in [5.41, 5.74) is 9.15. The molecule has 13 rings (SSSR count). The van der Waals surface area contributed by atoms with Crippen LogP contribution in [0.15, 0.2) is 192 Å². The van der Waals surface area contributed by atoms with E-state index in [0.29, 0.717) is 5.95 Å². The molecule has 0 bridgehead atoms. The fraction of sp³-hybridized carbons (Fsp3) is 0. The zero-order chi connectivity index (χ0) is 37.9. The Labute approximate surface area is 331 Å². The summed E-state index contributed by atoms with van der Waals surface area (Å²) in [6.07, 6.45) is 0. The predicted octanol–water partition coefficient (Wildman–Crippen LogP) is 14.6. The number of hydrogen-bond donors (Lipinski definition) is 0. The first-order valence-corrected chi connectivity index (χ1v) is 19.7. The molecule has 268 valence electrons. The monoisotopic (exact) mass is 737 g/mol. The Kier molecular flexibility index (Phi) is 6.41. The van der Waals surface area contributed by atoms with Gasteiger partial charge in [-0.05, 0) is 85.2 Å². The van der Waals surface area contributed by atoms with Crippen LogP contribution in [0.4, 0.5) is 0 Å². The minimum absolute atomic E-state index is 0.641. The van der Waals surface area contributed by atoms with E-state index in [4.69, 9.17) is 14.4 Å². The van der Waals surface area contributed by atoms with Crippen molar-refractivity contribution in [1.29, 1.82) is 0 Å². The number of furan rings is 1. The summed E-state index contributed by atoms with van der Waals surface area (Å²) >= 11 is 0. The van der Waals surface area contributed by atoms with Crippen molar-refractivity contribution >= 4 is 97.7 Å². The van der Waals surface area contributed by atoms with E-state index in [-0.39, 0.29) is 0 Å². The molecule has 0 fully saturated rings. The molecule has 0 spiro atoms. The van der Waals surface area contributed by atoms with Crippen LogP contribution in [0, 0.1) is 0 Å². The summed E-state index contributed by atoms with van der Waals surface area (Å²) < 4.78 is 8.58. The van der Waals surface area contributed by atoms with Crippen LogP contribution in [-0.2, 0) is 0 Å². The molecule has 0 unspecified atom stereocenters. The quantitative estimate of drug-likeness (QED) is 0.170. The molecule has 0 N–H and O–H groups in total. The summed E-state index contributed by atoms with van der Waals surface area (Å²) in [7, 11) is 0. The van der Waals surface area contributed by atoms with Crippen molar-refractivity contribution in [2.45, 2.75) is 0 Å². The molecule has 0 saturated carbocycles. The van der Waals surface area contributed by atoms with Crippen molar-refractivity contribution in [2.75, 3.05) is 0 Å². The van der Waals surface area contributed by atoms with Crippen LogP contribution in [0.25, 0.3) is 126 Å². The smallest absolute Gasteiger partial charge is 0.235 e. The molecule has 0 aliphatic heterocycles. The summed E-state index contributed by atoms with van der Waals surface area (Å²) in [6.45, 7) is 0. The fourth-order valence-corrected chi connectivity index (χ4v) is 9.48. The van der Waals surface area contributed by atoms with Gasteiger partial charge in [0.2, 0.25) is 5.95 Å². The van der Waals surface area contributed by atoms with E-state index in [1.165, 1.54) is 32.5 Å². The number of benzene rings is 10. The second kappa shape index (κ2) is 11.8. The van der Waals surface area contributed by atoms with Crippen molar-refractivity contribution in [3.05, 3.63) is 188 Å². The van der Waals surface area contributed by atoms with Crippen molar-refractivity contribution in [2.24, 2.45) is 0 Å². The molecule has 0 atom stereocenters. The van der Waals surface area contributed by atoms with Crippen LogP contribution in [-0.4, -0.2) is 14.5 Å². The fourth-order valence-electron chi connectivity index (χ4n) is 9.48. The first-order chi connectivity index (χ1) is 28.7. The molecule has 10 aromatic carbocycles. The molecular formula is C54H31N3O. The Balaban J connectivity index is 1.11. The number of hydrogen-bond acceptors (Lipinski definition) is 3. The largest absolute Gasteiger partial charge is 0.456 e. The number of aromatic nitrogens is 3. The number of para-hydroxylation sites is 2. The minimum atomic E-state index is 0.641. The zero-order valence-corrected chi connectivity index (χ0v) is 31.1. The van der Waals surface area contributed by atoms with E-state index in [1.807, 2.05) is 12.1 Å². The predicted molar refractivity (Wildman–Crippen MR) is 242 cm³/mol. The van der Waals surface area contributed by atoms with Gasteiger partial charge in [-0.1, -0.05) is 152 Å². The van der Waals surface area contributed by atoms with Crippen LogP contribution < -0.4 is 0 Å². The summed E-state index contributed by atoms with van der Waals surface area (Å²) in [6, 6.07) is 67.3. The lowest BCUT2D eigenvalue weighted by atomic mass is 9.94. The number of nitrogens with zero attached hydrogens (tertiary/aromatic N) is 3. The third-order valence-electron chi connectivity index (χ3n) is 12.2. The van der Waals surface area contributed by atoms with Gasteiger partial charge in [0.05, 0.1) is 22.2 Å². The van der Waals surface area contributed by atoms with Crippen LogP contribution in [0.2, 0.25) is 0 Å². The first kappa shape index (κ1) is 31.4. The van der Waals surface area contributed by atoms with Gasteiger partial charge < -0.3 is 4.42 Å². The normalized spacial score (nSPS) is 12.1. The first-order valence-electron chi connectivity index (χ1n) is 19.7. The topological polar surface area (TPSA) is 43.9 Å². The molecule has 0 aliphatic rings. The highest BCUT2D eigenvalue weighted by Crippen LogP contribution is 2.43. The maximum Gasteiger partial charge on any atom is 0.235 e. The molecule has 0 radical (unpaired) electrons. The summed E-state index contributed by atoms with van der Waals surface area (Å²) in [5.74, 6) is 0.641. The van der Waals surface area contributed by atoms with Crippen molar-refractivity contribution in [1.82, 2.24) is 14.5 Å². The van der Waals surface area contributed by atoms with E-state index < -0.39 is 0 Å². The van der Waals surface area contributed by atoms with Gasteiger partial charge in [-0.25, -0.2) is 9.97 Å². The standard InChI is InChI=1S/C54H31N3O/c1-2-12-35-29-36(26-23-32(35)11-1)33-21-24-34(25-22-33)52-51-41-16-5-3-13-38(41)39-14-4-6-17-42(39)53(51)56-54(55-52)57-46-19-9-7-15-40(46)45-31-44-37(30-47(45)57)27-28-49-50(44)43-18-8-10-20-48(43)58-49/h1-31H. The molecule has 0 amide bonds. The summed E-state index contributed by atoms with van der Waals surface area (Å²) in [4.78, 5) is 11.2. The lowest BCUT2D eigenvalue weighted by Crippen LogP contribution is -2.04. The molecule has 4 nitrogen and oxygen atoms in total. The Morgan fingerprint density at radius 2 is 0.983 bits per heavy atom. The minimum Gasteiger partial charge on any atom is -0.456 e. The van der Waals surface area contributed by atoms with E-state index in [1.54, 1.807) is 0 Å². The van der Waals surface area contributed by atoms with Gasteiger partial charge >= 0.3 is 0 Å². The highest BCUT2D eigenvalue weighted by Gasteiger charge is 2.22. The molecule has 0 saturated heterocycles. The maximum absolute atomic E-state index is 6.32. The van der Waals surface area contributed by atoms with Gasteiger partial charge in [-0.2, -0.15) is 0 Å². The second-order valence-electron chi connectivity index (χ2n) is 15.3. The van der Waals surface area contributed by atoms with E-state index in [2.05, 4.69) is 180 Å². The third kappa shape index (κ3) is 4.45. The summed E-state index contributed by atoms with van der Waals surface area (Å²) in [5, 5.41) is 15.0. The molecule has 3 heterocycles. The van der Waals surface area contributed by atoms with E-state index in [9.17, 15) is 0 Å². The van der Waals surface area contributed by atoms with Gasteiger partial charge in [0.1, 0.15) is 11.2 Å². The average molecular weight is 738 g/mol. The Hall–Kier alpha value is -7.82. The number of rotatable bonds is 3. The third-order valence-corrected chi connectivity index (χ3v) is 12.2. The maximum atomic E-state index is 6.32. The molecular weight excluding hydrogens is 707 g/mol. The molecule has 4 heteroatoms. The zero-order valence-electron chi connectivity index (χ0n) is 31.1. The molecule has 0 aliphatic carbocycles. The van der Waals surface area contributed by atoms with Crippen LogP contribution in [0.5, 0.6) is 0 Å². The Morgan fingerprint density at radius 1 is 0.345 bits per heavy atom. The molecule has 58 heavy (non-hydrogen) atoms.